The summed E-state index contributed by atoms with van der Waals surface area (Å²) in [5.41, 5.74) is 3.61. The lowest BCUT2D eigenvalue weighted by molar-refractivity contribution is -0.122. The maximum absolute atomic E-state index is 12.3. The molecule has 2 atom stereocenters. The molecule has 3 rings (SSSR count). The third-order valence-electron chi connectivity index (χ3n) is 4.16. The molecule has 2 aromatic carbocycles. The molecule has 0 saturated heterocycles. The minimum atomic E-state index is -0.589. The lowest BCUT2D eigenvalue weighted by Gasteiger charge is -2.18. The van der Waals surface area contributed by atoms with E-state index in [1.807, 2.05) is 36.4 Å². The van der Waals surface area contributed by atoms with E-state index in [1.54, 1.807) is 12.1 Å². The van der Waals surface area contributed by atoms with Gasteiger partial charge in [0, 0.05) is 19.0 Å². The minimum Gasteiger partial charge on any atom is -0.390 e. The fourth-order valence-corrected chi connectivity index (χ4v) is 3.07. The van der Waals surface area contributed by atoms with E-state index in [0.717, 1.165) is 16.7 Å². The Morgan fingerprint density at radius 3 is 2.54 bits per heavy atom. The molecule has 2 amide bonds. The molecule has 0 saturated carbocycles. The quantitative estimate of drug-likeness (QED) is 0.804. The molecule has 0 aromatic heterocycles. The van der Waals surface area contributed by atoms with Crippen molar-refractivity contribution >= 4 is 17.5 Å². The number of anilines is 1. The zero-order valence-corrected chi connectivity index (χ0v) is 13.5. The monoisotopic (exact) mass is 324 g/mol. The SMILES string of the molecule is CC(=O)Nc1ccc(CC(=O)NC2c3ccccc3CC2O)cc1. The molecule has 2 aromatic rings. The number of nitrogens with one attached hydrogen (secondary N) is 2. The van der Waals surface area contributed by atoms with Crippen molar-refractivity contribution < 1.29 is 14.7 Å². The van der Waals surface area contributed by atoms with Crippen LogP contribution in [0.25, 0.3) is 0 Å². The maximum Gasteiger partial charge on any atom is 0.224 e. The lowest BCUT2D eigenvalue weighted by atomic mass is 10.1. The largest absolute Gasteiger partial charge is 0.390 e. The van der Waals surface area contributed by atoms with Crippen LogP contribution in [-0.2, 0) is 22.4 Å². The van der Waals surface area contributed by atoms with E-state index in [-0.39, 0.29) is 24.3 Å². The van der Waals surface area contributed by atoms with E-state index in [1.165, 1.54) is 6.92 Å². The highest BCUT2D eigenvalue weighted by atomic mass is 16.3. The number of carbonyl (C=O) groups excluding carboxylic acids is 2. The molecule has 0 fully saturated rings. The van der Waals surface area contributed by atoms with Gasteiger partial charge in [-0.05, 0) is 28.8 Å². The molecule has 0 aliphatic heterocycles. The summed E-state index contributed by atoms with van der Waals surface area (Å²) in [6.45, 7) is 1.45. The standard InChI is InChI=1S/C19H20N2O3/c1-12(22)20-15-8-6-13(7-9-15)10-18(24)21-19-16-5-3-2-4-14(16)11-17(19)23/h2-9,17,19,23H,10-11H2,1H3,(H,20,22)(H,21,24). The number of rotatable bonds is 4. The van der Waals surface area contributed by atoms with Crippen molar-refractivity contribution in [1.29, 1.82) is 0 Å². The van der Waals surface area contributed by atoms with Crippen LogP contribution in [-0.4, -0.2) is 23.0 Å². The van der Waals surface area contributed by atoms with Gasteiger partial charge in [0.1, 0.15) is 0 Å². The normalized spacial score (nSPS) is 18.8. The third-order valence-corrected chi connectivity index (χ3v) is 4.16. The summed E-state index contributed by atoms with van der Waals surface area (Å²) < 4.78 is 0. The molecule has 0 radical (unpaired) electrons. The second kappa shape index (κ2) is 6.84. The highest BCUT2D eigenvalue weighted by molar-refractivity contribution is 5.88. The van der Waals surface area contributed by atoms with E-state index < -0.39 is 6.10 Å². The highest BCUT2D eigenvalue weighted by Crippen LogP contribution is 2.31. The molecule has 0 heterocycles. The number of aliphatic hydroxyl groups is 1. The average molecular weight is 324 g/mol. The molecule has 5 heteroatoms. The van der Waals surface area contributed by atoms with E-state index >= 15 is 0 Å². The van der Waals surface area contributed by atoms with E-state index in [0.29, 0.717) is 12.1 Å². The van der Waals surface area contributed by atoms with Crippen LogP contribution < -0.4 is 10.6 Å². The Morgan fingerprint density at radius 1 is 1.12 bits per heavy atom. The molecular formula is C19H20N2O3. The first-order valence-corrected chi connectivity index (χ1v) is 7.94. The van der Waals surface area contributed by atoms with Gasteiger partial charge in [-0.1, -0.05) is 36.4 Å². The van der Waals surface area contributed by atoms with Crippen LogP contribution in [0, 0.1) is 0 Å². The highest BCUT2D eigenvalue weighted by Gasteiger charge is 2.31. The summed E-state index contributed by atoms with van der Waals surface area (Å²) in [6, 6.07) is 14.6. The van der Waals surface area contributed by atoms with Crippen LogP contribution in [0.2, 0.25) is 0 Å². The second-order valence-electron chi connectivity index (χ2n) is 6.07. The van der Waals surface area contributed by atoms with E-state index in [2.05, 4.69) is 10.6 Å². The van der Waals surface area contributed by atoms with Crippen LogP contribution in [0.15, 0.2) is 48.5 Å². The van der Waals surface area contributed by atoms with E-state index in [4.69, 9.17) is 0 Å². The van der Waals surface area contributed by atoms with Gasteiger partial charge in [-0.2, -0.15) is 0 Å². The number of fused-ring (bicyclic) bond motifs is 1. The van der Waals surface area contributed by atoms with Gasteiger partial charge in [0.2, 0.25) is 11.8 Å². The van der Waals surface area contributed by atoms with Crippen LogP contribution in [0.4, 0.5) is 5.69 Å². The van der Waals surface area contributed by atoms with Crippen molar-refractivity contribution in [3.63, 3.8) is 0 Å². The third kappa shape index (κ3) is 3.63. The number of carbonyl (C=O) groups is 2. The van der Waals surface area contributed by atoms with Gasteiger partial charge < -0.3 is 15.7 Å². The summed E-state index contributed by atoms with van der Waals surface area (Å²) in [4.78, 5) is 23.3. The van der Waals surface area contributed by atoms with Gasteiger partial charge in [-0.15, -0.1) is 0 Å². The maximum atomic E-state index is 12.3. The summed E-state index contributed by atoms with van der Waals surface area (Å²) >= 11 is 0. The van der Waals surface area contributed by atoms with Crippen LogP contribution in [0.3, 0.4) is 0 Å². The Labute approximate surface area is 140 Å². The molecule has 5 nitrogen and oxygen atoms in total. The Balaban J connectivity index is 1.63. The van der Waals surface area contributed by atoms with Gasteiger partial charge in [-0.3, -0.25) is 9.59 Å². The van der Waals surface area contributed by atoms with Crippen molar-refractivity contribution in [1.82, 2.24) is 5.32 Å². The molecule has 1 aliphatic rings. The summed E-state index contributed by atoms with van der Waals surface area (Å²) in [5.74, 6) is -0.266. The minimum absolute atomic E-state index is 0.130. The summed E-state index contributed by atoms with van der Waals surface area (Å²) in [7, 11) is 0. The fourth-order valence-electron chi connectivity index (χ4n) is 3.07. The first-order valence-electron chi connectivity index (χ1n) is 7.94. The molecule has 0 bridgehead atoms. The zero-order chi connectivity index (χ0) is 17.1. The average Bonchev–Trinajstić information content (AvgIpc) is 2.85. The van der Waals surface area contributed by atoms with Crippen molar-refractivity contribution in [2.24, 2.45) is 0 Å². The van der Waals surface area contributed by atoms with Gasteiger partial charge in [0.25, 0.3) is 0 Å². The number of aliphatic hydroxyl groups excluding tert-OH is 1. The van der Waals surface area contributed by atoms with Crippen LogP contribution in [0.5, 0.6) is 0 Å². The number of hydrogen-bond donors (Lipinski definition) is 3. The molecular weight excluding hydrogens is 304 g/mol. The fraction of sp³-hybridized carbons (Fsp3) is 0.263. The predicted molar refractivity (Wildman–Crippen MR) is 91.5 cm³/mol. The van der Waals surface area contributed by atoms with Gasteiger partial charge in [0.15, 0.2) is 0 Å². The Kier molecular flexibility index (Phi) is 4.62. The predicted octanol–water partition coefficient (Wildman–Crippen LogP) is 1.96. The van der Waals surface area contributed by atoms with Gasteiger partial charge in [0.05, 0.1) is 18.6 Å². The second-order valence-corrected chi connectivity index (χ2v) is 6.07. The molecule has 2 unspecified atom stereocenters. The lowest BCUT2D eigenvalue weighted by Crippen LogP contribution is -2.34. The summed E-state index contributed by atoms with van der Waals surface area (Å²) in [5, 5.41) is 15.8. The first-order chi connectivity index (χ1) is 11.5. The van der Waals surface area contributed by atoms with Crippen LogP contribution in [0.1, 0.15) is 29.7 Å². The Hall–Kier alpha value is -2.66. The Bertz CT molecular complexity index is 755. The number of hydrogen-bond acceptors (Lipinski definition) is 3. The topological polar surface area (TPSA) is 78.4 Å². The molecule has 124 valence electrons. The first kappa shape index (κ1) is 16.2. The van der Waals surface area contributed by atoms with E-state index in [9.17, 15) is 14.7 Å². The molecule has 0 spiro atoms. The number of benzene rings is 2. The van der Waals surface area contributed by atoms with Crippen molar-refractivity contribution in [2.45, 2.75) is 31.9 Å². The smallest absolute Gasteiger partial charge is 0.224 e. The van der Waals surface area contributed by atoms with Crippen LogP contribution >= 0.6 is 0 Å². The molecule has 1 aliphatic carbocycles. The van der Waals surface area contributed by atoms with Gasteiger partial charge >= 0.3 is 0 Å². The molecule has 3 N–H and O–H groups in total. The Morgan fingerprint density at radius 2 is 1.83 bits per heavy atom. The number of amides is 2. The van der Waals surface area contributed by atoms with Gasteiger partial charge in [-0.25, -0.2) is 0 Å². The molecule has 24 heavy (non-hydrogen) atoms. The van der Waals surface area contributed by atoms with Crippen molar-refractivity contribution in [2.75, 3.05) is 5.32 Å². The summed E-state index contributed by atoms with van der Waals surface area (Å²) in [6.07, 6.45) is 0.201. The van der Waals surface area contributed by atoms with Crippen molar-refractivity contribution in [3.05, 3.63) is 65.2 Å². The zero-order valence-electron chi connectivity index (χ0n) is 13.5. The van der Waals surface area contributed by atoms with Crippen molar-refractivity contribution in [3.8, 4) is 0 Å².